The summed E-state index contributed by atoms with van der Waals surface area (Å²) in [6.45, 7) is 4.58. The van der Waals surface area contributed by atoms with E-state index < -0.39 is 0 Å². The molecule has 4 aromatic rings. The number of piperazine rings is 1. The van der Waals surface area contributed by atoms with Crippen LogP contribution >= 0.6 is 0 Å². The van der Waals surface area contributed by atoms with Crippen LogP contribution in [-0.2, 0) is 4.79 Å². The molecule has 0 atom stereocenters. The molecule has 2 aromatic carbocycles. The van der Waals surface area contributed by atoms with Crippen LogP contribution < -0.4 is 4.90 Å². The van der Waals surface area contributed by atoms with Gasteiger partial charge in [0.2, 0.25) is 5.91 Å². The van der Waals surface area contributed by atoms with Crippen molar-refractivity contribution in [1.82, 2.24) is 24.7 Å². The predicted octanol–water partition coefficient (Wildman–Crippen LogP) is 3.14. The van der Waals surface area contributed by atoms with Crippen molar-refractivity contribution in [2.75, 3.05) is 31.1 Å². The van der Waals surface area contributed by atoms with Crippen molar-refractivity contribution in [2.45, 2.75) is 13.3 Å². The van der Waals surface area contributed by atoms with E-state index in [0.29, 0.717) is 49.5 Å². The third kappa shape index (κ3) is 2.96. The fourth-order valence-electron chi connectivity index (χ4n) is 4.01. The van der Waals surface area contributed by atoms with Gasteiger partial charge in [-0.25, -0.2) is 9.37 Å². The molecule has 1 aliphatic heterocycles. The fraction of sp³-hybridized carbons (Fsp3) is 0.273. The molecule has 0 radical (unpaired) electrons. The van der Waals surface area contributed by atoms with E-state index in [1.165, 1.54) is 6.07 Å². The van der Waals surface area contributed by atoms with Crippen molar-refractivity contribution >= 4 is 28.3 Å². The summed E-state index contributed by atoms with van der Waals surface area (Å²) in [6, 6.07) is 14.4. The summed E-state index contributed by atoms with van der Waals surface area (Å²) < 4.78 is 16.1. The molecular formula is C22H21FN6O. The topological polar surface area (TPSA) is 66.6 Å². The Hall–Kier alpha value is -3.55. The number of halogens is 1. The standard InChI is InChI=1S/C22H21FN6O/c1-2-19(30)27-11-13-28(14-12-27)21-16-8-4-6-10-18(16)29-22(24-21)20(25-26-29)15-7-3-5-9-17(15)23/h3-10H,2,11-14H2,1H3. The van der Waals surface area contributed by atoms with Crippen molar-refractivity contribution in [3.63, 3.8) is 0 Å². The second-order valence-corrected chi connectivity index (χ2v) is 7.33. The number of aromatic nitrogens is 4. The van der Waals surface area contributed by atoms with Crippen molar-refractivity contribution in [1.29, 1.82) is 0 Å². The van der Waals surface area contributed by atoms with Gasteiger partial charge in [-0.1, -0.05) is 36.4 Å². The van der Waals surface area contributed by atoms with Crippen LogP contribution in [0.5, 0.6) is 0 Å². The minimum atomic E-state index is -0.358. The Morgan fingerprint density at radius 3 is 2.53 bits per heavy atom. The van der Waals surface area contributed by atoms with Gasteiger partial charge in [0.25, 0.3) is 0 Å². The summed E-state index contributed by atoms with van der Waals surface area (Å²) in [6.07, 6.45) is 0.515. The highest BCUT2D eigenvalue weighted by atomic mass is 19.1. The average Bonchev–Trinajstić information content (AvgIpc) is 3.22. The van der Waals surface area contributed by atoms with E-state index in [4.69, 9.17) is 4.98 Å². The first-order valence-corrected chi connectivity index (χ1v) is 10.1. The first-order valence-electron chi connectivity index (χ1n) is 10.1. The number of hydrogen-bond acceptors (Lipinski definition) is 5. The zero-order valence-corrected chi connectivity index (χ0v) is 16.6. The summed E-state index contributed by atoms with van der Waals surface area (Å²) in [5.41, 5.74) is 2.17. The number of fused-ring (bicyclic) bond motifs is 3. The van der Waals surface area contributed by atoms with E-state index in [2.05, 4.69) is 15.2 Å². The summed E-state index contributed by atoms with van der Waals surface area (Å²) >= 11 is 0. The molecule has 0 aliphatic carbocycles. The highest BCUT2D eigenvalue weighted by molar-refractivity contribution is 5.93. The molecule has 2 aromatic heterocycles. The van der Waals surface area contributed by atoms with Gasteiger partial charge in [0.15, 0.2) is 5.65 Å². The van der Waals surface area contributed by atoms with Gasteiger partial charge in [-0.05, 0) is 24.3 Å². The number of nitrogens with zero attached hydrogens (tertiary/aromatic N) is 6. The van der Waals surface area contributed by atoms with Gasteiger partial charge in [0.05, 0.1) is 5.52 Å². The largest absolute Gasteiger partial charge is 0.352 e. The fourth-order valence-corrected chi connectivity index (χ4v) is 4.01. The third-order valence-electron chi connectivity index (χ3n) is 5.59. The van der Waals surface area contributed by atoms with Crippen molar-refractivity contribution < 1.29 is 9.18 Å². The van der Waals surface area contributed by atoms with Crippen molar-refractivity contribution in [2.24, 2.45) is 0 Å². The third-order valence-corrected chi connectivity index (χ3v) is 5.59. The first kappa shape index (κ1) is 18.5. The van der Waals surface area contributed by atoms with Gasteiger partial charge >= 0.3 is 0 Å². The molecule has 0 bridgehead atoms. The second kappa shape index (κ2) is 7.37. The van der Waals surface area contributed by atoms with Gasteiger partial charge in [-0.15, -0.1) is 5.10 Å². The van der Waals surface area contributed by atoms with E-state index >= 15 is 0 Å². The van der Waals surface area contributed by atoms with Crippen LogP contribution in [0.1, 0.15) is 13.3 Å². The minimum absolute atomic E-state index is 0.171. The Bertz CT molecular complexity index is 1250. The molecule has 152 valence electrons. The molecule has 5 rings (SSSR count). The highest BCUT2D eigenvalue weighted by Crippen LogP contribution is 2.31. The van der Waals surface area contributed by atoms with E-state index in [0.717, 1.165) is 16.7 Å². The molecule has 0 unspecified atom stereocenters. The Kier molecular flexibility index (Phi) is 4.54. The summed E-state index contributed by atoms with van der Waals surface area (Å²) in [5.74, 6) is 0.620. The first-order chi connectivity index (χ1) is 14.7. The zero-order valence-electron chi connectivity index (χ0n) is 16.6. The van der Waals surface area contributed by atoms with Crippen LogP contribution in [0.25, 0.3) is 27.8 Å². The smallest absolute Gasteiger partial charge is 0.222 e. The quantitative estimate of drug-likeness (QED) is 0.525. The van der Waals surface area contributed by atoms with Crippen LogP contribution in [0.2, 0.25) is 0 Å². The molecule has 8 heteroatoms. The Labute approximate surface area is 172 Å². The van der Waals surface area contributed by atoms with Crippen LogP contribution in [0, 0.1) is 5.82 Å². The average molecular weight is 404 g/mol. The summed E-state index contributed by atoms with van der Waals surface area (Å²) in [5, 5.41) is 9.46. The van der Waals surface area contributed by atoms with Gasteiger partial charge in [0, 0.05) is 43.5 Å². The van der Waals surface area contributed by atoms with Crippen LogP contribution in [0.4, 0.5) is 10.2 Å². The molecule has 1 saturated heterocycles. The second-order valence-electron chi connectivity index (χ2n) is 7.33. The number of carbonyl (C=O) groups is 1. The molecule has 1 amide bonds. The Morgan fingerprint density at radius 2 is 1.77 bits per heavy atom. The lowest BCUT2D eigenvalue weighted by molar-refractivity contribution is -0.131. The van der Waals surface area contributed by atoms with Crippen molar-refractivity contribution in [3.05, 3.63) is 54.3 Å². The number of anilines is 1. The van der Waals surface area contributed by atoms with Crippen molar-refractivity contribution in [3.8, 4) is 11.3 Å². The van der Waals surface area contributed by atoms with Crippen LogP contribution in [0.3, 0.4) is 0 Å². The lowest BCUT2D eigenvalue weighted by Gasteiger charge is -2.35. The van der Waals surface area contributed by atoms with Gasteiger partial charge in [0.1, 0.15) is 17.3 Å². The maximum absolute atomic E-state index is 14.4. The summed E-state index contributed by atoms with van der Waals surface area (Å²) in [4.78, 5) is 21.0. The normalized spacial score (nSPS) is 14.6. The van der Waals surface area contributed by atoms with Crippen LogP contribution in [0.15, 0.2) is 48.5 Å². The van der Waals surface area contributed by atoms with E-state index in [-0.39, 0.29) is 11.7 Å². The number of benzene rings is 2. The number of carbonyl (C=O) groups excluding carboxylic acids is 1. The minimum Gasteiger partial charge on any atom is -0.352 e. The molecule has 30 heavy (non-hydrogen) atoms. The monoisotopic (exact) mass is 404 g/mol. The molecule has 3 heterocycles. The molecule has 0 saturated carbocycles. The molecule has 1 aliphatic rings. The Morgan fingerprint density at radius 1 is 1.03 bits per heavy atom. The zero-order chi connectivity index (χ0) is 20.7. The maximum Gasteiger partial charge on any atom is 0.222 e. The van der Waals surface area contributed by atoms with E-state index in [9.17, 15) is 9.18 Å². The molecule has 1 fully saturated rings. The number of rotatable bonds is 3. The summed E-state index contributed by atoms with van der Waals surface area (Å²) in [7, 11) is 0. The molecule has 7 nitrogen and oxygen atoms in total. The number of para-hydroxylation sites is 1. The predicted molar refractivity (Wildman–Crippen MR) is 113 cm³/mol. The Balaban J connectivity index is 1.64. The lowest BCUT2D eigenvalue weighted by Crippen LogP contribution is -2.49. The number of amides is 1. The van der Waals surface area contributed by atoms with Gasteiger partial charge in [-0.2, -0.15) is 4.52 Å². The SMILES string of the molecule is CCC(=O)N1CCN(c2nc3c(-c4ccccc4F)nnn3c3ccccc23)CC1. The molecule has 0 N–H and O–H groups in total. The van der Waals surface area contributed by atoms with Gasteiger partial charge < -0.3 is 9.80 Å². The van der Waals surface area contributed by atoms with Gasteiger partial charge in [-0.3, -0.25) is 4.79 Å². The molecular weight excluding hydrogens is 383 g/mol. The van der Waals surface area contributed by atoms with Crippen LogP contribution in [-0.4, -0.2) is 56.8 Å². The lowest BCUT2D eigenvalue weighted by atomic mass is 10.1. The molecule has 0 spiro atoms. The van der Waals surface area contributed by atoms with E-state index in [1.807, 2.05) is 36.1 Å². The maximum atomic E-state index is 14.4. The highest BCUT2D eigenvalue weighted by Gasteiger charge is 2.24. The number of hydrogen-bond donors (Lipinski definition) is 0. The van der Waals surface area contributed by atoms with E-state index in [1.54, 1.807) is 22.7 Å².